The number of ether oxygens (including phenoxy) is 1. The molecule has 1 fully saturated rings. The minimum Gasteiger partial charge on any atom is -0.495 e. The Hall–Kier alpha value is -4.11. The number of anilines is 2. The first kappa shape index (κ1) is 24.5. The smallest absolute Gasteiger partial charge is 0.324 e. The topological polar surface area (TPSA) is 108 Å². The van der Waals surface area contributed by atoms with Gasteiger partial charge in [-0.25, -0.2) is 9.78 Å². The van der Waals surface area contributed by atoms with Crippen molar-refractivity contribution in [1.29, 1.82) is 0 Å². The van der Waals surface area contributed by atoms with Gasteiger partial charge in [-0.1, -0.05) is 30.9 Å². The molecule has 2 aromatic rings. The van der Waals surface area contributed by atoms with Crippen molar-refractivity contribution in [3.8, 4) is 5.75 Å². The van der Waals surface area contributed by atoms with Crippen LogP contribution in [0.1, 0.15) is 17.4 Å². The molecule has 9 heteroatoms. The number of nitrogens with one attached hydrogen (secondary N) is 4. The van der Waals surface area contributed by atoms with Crippen LogP contribution in [0.2, 0.25) is 0 Å². The van der Waals surface area contributed by atoms with Gasteiger partial charge in [0, 0.05) is 26.2 Å². The highest BCUT2D eigenvalue weighted by molar-refractivity contribution is 6.00. The zero-order valence-electron chi connectivity index (χ0n) is 19.4. The Morgan fingerprint density at radius 2 is 1.88 bits per heavy atom. The van der Waals surface area contributed by atoms with Crippen molar-refractivity contribution >= 4 is 23.4 Å². The molecule has 0 atom stereocenters. The van der Waals surface area contributed by atoms with Gasteiger partial charge in [0.2, 0.25) is 0 Å². The molecule has 3 rings (SSSR count). The summed E-state index contributed by atoms with van der Waals surface area (Å²) in [5, 5.41) is 11.6. The van der Waals surface area contributed by atoms with E-state index >= 15 is 0 Å². The zero-order chi connectivity index (χ0) is 24.3. The van der Waals surface area contributed by atoms with Crippen molar-refractivity contribution in [3.63, 3.8) is 0 Å². The number of hydrogen-bond acceptors (Lipinski definition) is 6. The Morgan fingerprint density at radius 1 is 1.12 bits per heavy atom. The number of carbonyl (C=O) groups excluding carboxylic acids is 2. The predicted molar refractivity (Wildman–Crippen MR) is 134 cm³/mol. The molecular weight excluding hydrogens is 432 g/mol. The van der Waals surface area contributed by atoms with Crippen LogP contribution in [0.15, 0.2) is 78.7 Å². The Labute approximate surface area is 199 Å². The molecule has 0 bridgehead atoms. The van der Waals surface area contributed by atoms with Gasteiger partial charge in [-0.3, -0.25) is 10.1 Å². The first-order chi connectivity index (χ1) is 16.5. The summed E-state index contributed by atoms with van der Waals surface area (Å²) in [5.41, 5.74) is 2.16. The summed E-state index contributed by atoms with van der Waals surface area (Å²) in [6.45, 7) is 9.18. The van der Waals surface area contributed by atoms with Crippen LogP contribution >= 0.6 is 0 Å². The van der Waals surface area contributed by atoms with Crippen molar-refractivity contribution < 1.29 is 14.3 Å². The molecular formula is C25H30N6O3. The van der Waals surface area contributed by atoms with Gasteiger partial charge >= 0.3 is 6.03 Å². The van der Waals surface area contributed by atoms with Crippen LogP contribution in [-0.4, -0.2) is 55.1 Å². The number of urea groups is 1. The molecule has 0 aliphatic carbocycles. The molecule has 0 saturated carbocycles. The zero-order valence-corrected chi connectivity index (χ0v) is 19.4. The van der Waals surface area contributed by atoms with Gasteiger partial charge in [0.1, 0.15) is 17.3 Å². The third-order valence-electron chi connectivity index (χ3n) is 5.09. The van der Waals surface area contributed by atoms with E-state index < -0.39 is 11.9 Å². The number of carbonyl (C=O) groups is 2. The Balaban J connectivity index is 1.73. The molecule has 1 aliphatic rings. The quantitative estimate of drug-likeness (QED) is 0.448. The second kappa shape index (κ2) is 12.2. The number of allylic oxidation sites excluding steroid dienone is 3. The number of benzene rings is 1. The fourth-order valence-electron chi connectivity index (χ4n) is 3.48. The number of methoxy groups -OCH3 is 1. The van der Waals surface area contributed by atoms with Crippen LogP contribution in [0.4, 0.5) is 16.3 Å². The standard InChI is InChI=1S/C25H30N6O3/c1-4-9-21(31-16-14-26-15-17-31)18(5-2)28-24(32)20-11-8-13-23(27-20)30-25(33)29-19-10-6-7-12-22(19)34-3/h4-13,26H,2,14-17H2,1,3H3,(H,28,32)(H2,27,29,30,33)/b9-4-,21-18-. The summed E-state index contributed by atoms with van der Waals surface area (Å²) in [4.78, 5) is 31.9. The highest BCUT2D eigenvalue weighted by Gasteiger charge is 2.17. The highest BCUT2D eigenvalue weighted by atomic mass is 16.5. The molecule has 4 N–H and O–H groups in total. The van der Waals surface area contributed by atoms with E-state index in [1.807, 2.05) is 19.1 Å². The van der Waals surface area contributed by atoms with Crippen molar-refractivity contribution in [2.75, 3.05) is 43.9 Å². The van der Waals surface area contributed by atoms with E-state index in [4.69, 9.17) is 4.74 Å². The maximum atomic E-state index is 13.0. The van der Waals surface area contributed by atoms with E-state index in [1.165, 1.54) is 7.11 Å². The van der Waals surface area contributed by atoms with Gasteiger partial charge in [-0.15, -0.1) is 0 Å². The predicted octanol–water partition coefficient (Wildman–Crippen LogP) is 3.34. The van der Waals surface area contributed by atoms with E-state index in [0.717, 1.165) is 31.9 Å². The number of rotatable bonds is 8. The number of piperazine rings is 1. The molecule has 3 amide bonds. The molecule has 9 nitrogen and oxygen atoms in total. The second-order valence-corrected chi connectivity index (χ2v) is 7.38. The van der Waals surface area contributed by atoms with Crippen molar-refractivity contribution in [1.82, 2.24) is 20.5 Å². The fraction of sp³-hybridized carbons (Fsp3) is 0.240. The molecule has 0 unspecified atom stereocenters. The minimum atomic E-state index is -0.504. The summed E-state index contributed by atoms with van der Waals surface area (Å²) in [6, 6.07) is 11.4. The second-order valence-electron chi connectivity index (χ2n) is 7.38. The molecule has 2 heterocycles. The summed E-state index contributed by atoms with van der Waals surface area (Å²) >= 11 is 0. The van der Waals surface area contributed by atoms with Gasteiger partial charge in [0.25, 0.3) is 5.91 Å². The van der Waals surface area contributed by atoms with E-state index in [2.05, 4.69) is 37.7 Å². The van der Waals surface area contributed by atoms with E-state index in [9.17, 15) is 9.59 Å². The molecule has 1 aliphatic heterocycles. The molecule has 34 heavy (non-hydrogen) atoms. The minimum absolute atomic E-state index is 0.162. The SMILES string of the molecule is C=C/C(NC(=O)c1cccc(NC(=O)Nc2ccccc2OC)n1)=C(\C=C/C)N1CCNCC1. The lowest BCUT2D eigenvalue weighted by Crippen LogP contribution is -2.43. The van der Waals surface area contributed by atoms with Gasteiger partial charge < -0.3 is 25.6 Å². The summed E-state index contributed by atoms with van der Waals surface area (Å²) in [7, 11) is 1.53. The van der Waals surface area contributed by atoms with Crippen LogP contribution in [0.5, 0.6) is 5.75 Å². The number of nitrogens with zero attached hydrogens (tertiary/aromatic N) is 2. The van der Waals surface area contributed by atoms with Crippen LogP contribution in [0.3, 0.4) is 0 Å². The van der Waals surface area contributed by atoms with Crippen LogP contribution in [-0.2, 0) is 0 Å². The maximum absolute atomic E-state index is 13.0. The summed E-state index contributed by atoms with van der Waals surface area (Å²) in [6.07, 6.45) is 5.50. The van der Waals surface area contributed by atoms with E-state index in [0.29, 0.717) is 17.1 Å². The lowest BCUT2D eigenvalue weighted by Gasteiger charge is -2.31. The third kappa shape index (κ3) is 6.46. The summed E-state index contributed by atoms with van der Waals surface area (Å²) < 4.78 is 5.24. The average Bonchev–Trinajstić information content (AvgIpc) is 2.87. The van der Waals surface area contributed by atoms with Crippen LogP contribution in [0.25, 0.3) is 0 Å². The Bertz CT molecular complexity index is 1090. The highest BCUT2D eigenvalue weighted by Crippen LogP contribution is 2.23. The number of hydrogen-bond donors (Lipinski definition) is 4. The maximum Gasteiger partial charge on any atom is 0.324 e. The van der Waals surface area contributed by atoms with Gasteiger partial charge in [0.15, 0.2) is 0 Å². The van der Waals surface area contributed by atoms with Crippen molar-refractivity contribution in [3.05, 3.63) is 84.4 Å². The third-order valence-corrected chi connectivity index (χ3v) is 5.09. The first-order valence-electron chi connectivity index (χ1n) is 11.0. The number of para-hydroxylation sites is 2. The molecule has 178 valence electrons. The first-order valence-corrected chi connectivity index (χ1v) is 11.0. The molecule has 1 aromatic heterocycles. The normalized spacial score (nSPS) is 14.2. The monoisotopic (exact) mass is 462 g/mol. The van der Waals surface area contributed by atoms with E-state index in [-0.39, 0.29) is 11.5 Å². The fourth-order valence-corrected chi connectivity index (χ4v) is 3.48. The molecule has 0 radical (unpaired) electrons. The van der Waals surface area contributed by atoms with Crippen molar-refractivity contribution in [2.45, 2.75) is 6.92 Å². The lowest BCUT2D eigenvalue weighted by molar-refractivity contribution is 0.0961. The molecule has 1 saturated heterocycles. The van der Waals surface area contributed by atoms with Crippen LogP contribution in [0, 0.1) is 0 Å². The van der Waals surface area contributed by atoms with Gasteiger partial charge in [0.05, 0.1) is 24.2 Å². The average molecular weight is 463 g/mol. The molecule has 1 aromatic carbocycles. The van der Waals surface area contributed by atoms with Crippen molar-refractivity contribution in [2.24, 2.45) is 0 Å². The number of amides is 3. The number of aromatic nitrogens is 1. The van der Waals surface area contributed by atoms with Crippen LogP contribution < -0.4 is 26.0 Å². The van der Waals surface area contributed by atoms with Gasteiger partial charge in [-0.05, 0) is 43.3 Å². The van der Waals surface area contributed by atoms with Gasteiger partial charge in [-0.2, -0.15) is 0 Å². The Kier molecular flexibility index (Phi) is 8.81. The largest absolute Gasteiger partial charge is 0.495 e. The lowest BCUT2D eigenvalue weighted by atomic mass is 10.2. The molecule has 0 spiro atoms. The summed E-state index contributed by atoms with van der Waals surface area (Å²) in [5.74, 6) is 0.365. The van der Waals surface area contributed by atoms with E-state index in [1.54, 1.807) is 48.5 Å². The Morgan fingerprint density at radius 3 is 2.59 bits per heavy atom. The number of pyridine rings is 1.